The van der Waals surface area contributed by atoms with E-state index in [4.69, 9.17) is 9.84 Å². The maximum absolute atomic E-state index is 11.7. The smallest absolute Gasteiger partial charge is 0.410 e. The number of hydrogen-bond acceptors (Lipinski definition) is 5. The van der Waals surface area contributed by atoms with E-state index in [1.807, 2.05) is 20.8 Å². The molecule has 2 unspecified atom stereocenters. The Labute approximate surface area is 165 Å². The number of nitrogens with zero attached hydrogens (tertiary/aromatic N) is 1. The highest BCUT2D eigenvalue weighted by atomic mass is 35.5. The fraction of sp³-hybridized carbons (Fsp3) is 0.833. The van der Waals surface area contributed by atoms with Gasteiger partial charge in [0, 0.05) is 26.1 Å². The number of rotatable bonds is 2. The first-order chi connectivity index (χ1) is 12.1. The number of nitrogens with one attached hydrogen (secondary N) is 2. The van der Waals surface area contributed by atoms with E-state index >= 15 is 0 Å². The molecule has 2 amide bonds. The Hall–Kier alpha value is -1.54. The molecule has 3 N–H and O–H groups in total. The minimum Gasteiger partial charge on any atom is -0.481 e. The molecular formula is C18H30ClN3O5. The van der Waals surface area contributed by atoms with Crippen molar-refractivity contribution < 1.29 is 24.2 Å². The molecule has 0 aromatic carbocycles. The summed E-state index contributed by atoms with van der Waals surface area (Å²) in [6.45, 7) is 8.60. The van der Waals surface area contributed by atoms with Crippen LogP contribution in [0, 0.1) is 35.5 Å². The molecule has 4 fully saturated rings. The Kier molecular flexibility index (Phi) is 6.31. The molecule has 0 aromatic heterocycles. The number of ether oxygens (including phenoxy) is 1. The van der Waals surface area contributed by atoms with E-state index in [0.717, 1.165) is 13.1 Å². The van der Waals surface area contributed by atoms with Crippen molar-refractivity contribution in [2.45, 2.75) is 26.4 Å². The molecule has 2 saturated carbocycles. The highest BCUT2D eigenvalue weighted by Crippen LogP contribution is 2.52. The molecule has 8 nitrogen and oxygen atoms in total. The molecule has 0 radical (unpaired) electrons. The number of amides is 2. The Bertz CT molecular complexity index is 586. The summed E-state index contributed by atoms with van der Waals surface area (Å²) in [7, 11) is 1.71. The molecule has 2 aliphatic carbocycles. The molecule has 4 rings (SSSR count). The first-order valence-electron chi connectivity index (χ1n) is 9.27. The van der Waals surface area contributed by atoms with E-state index in [0.29, 0.717) is 30.8 Å². The number of piperidine rings is 2. The van der Waals surface area contributed by atoms with E-state index in [1.54, 1.807) is 11.9 Å². The molecule has 0 aromatic rings. The Morgan fingerprint density at radius 2 is 1.56 bits per heavy atom. The lowest BCUT2D eigenvalue weighted by molar-refractivity contribution is -0.139. The van der Waals surface area contributed by atoms with Gasteiger partial charge in [-0.15, -0.1) is 12.4 Å². The zero-order chi connectivity index (χ0) is 19.2. The average Bonchev–Trinajstić information content (AvgIpc) is 3.26. The highest BCUT2D eigenvalue weighted by molar-refractivity contribution is 5.85. The van der Waals surface area contributed by atoms with Crippen LogP contribution in [0.5, 0.6) is 0 Å². The van der Waals surface area contributed by atoms with Crippen molar-refractivity contribution in [2.75, 3.05) is 33.2 Å². The Morgan fingerprint density at radius 3 is 1.96 bits per heavy atom. The fourth-order valence-electron chi connectivity index (χ4n) is 4.34. The summed E-state index contributed by atoms with van der Waals surface area (Å²) < 4.78 is 5.23. The summed E-state index contributed by atoms with van der Waals surface area (Å²) in [5.74, 6) is 1.19. The summed E-state index contributed by atoms with van der Waals surface area (Å²) in [6.07, 6.45) is -0.330. The van der Waals surface area contributed by atoms with Crippen LogP contribution in [0.1, 0.15) is 20.8 Å². The lowest BCUT2D eigenvalue weighted by atomic mass is 10.2. The molecule has 2 aliphatic heterocycles. The van der Waals surface area contributed by atoms with Crippen LogP contribution in [0.25, 0.3) is 0 Å². The number of fused-ring (bicyclic) bond motifs is 2. The third-order valence-electron chi connectivity index (χ3n) is 5.77. The van der Waals surface area contributed by atoms with Gasteiger partial charge in [0.2, 0.25) is 5.91 Å². The molecule has 9 heteroatoms. The van der Waals surface area contributed by atoms with Crippen LogP contribution in [0.4, 0.5) is 4.79 Å². The average molecular weight is 404 g/mol. The van der Waals surface area contributed by atoms with Crippen LogP contribution in [0.2, 0.25) is 0 Å². The molecule has 2 saturated heterocycles. The van der Waals surface area contributed by atoms with Gasteiger partial charge in [-0.25, -0.2) is 4.79 Å². The van der Waals surface area contributed by atoms with Gasteiger partial charge in [-0.3, -0.25) is 9.59 Å². The summed E-state index contributed by atoms with van der Waals surface area (Å²) in [5.41, 5.74) is -0.490. The van der Waals surface area contributed by atoms with Crippen LogP contribution in [-0.4, -0.2) is 66.8 Å². The number of halogens is 1. The quantitative estimate of drug-likeness (QED) is 0.629. The molecule has 2 heterocycles. The maximum Gasteiger partial charge on any atom is 0.410 e. The predicted octanol–water partition coefficient (Wildman–Crippen LogP) is 0.804. The lowest BCUT2D eigenvalue weighted by Crippen LogP contribution is -2.37. The number of carboxylic acids is 1. The number of carbonyl (C=O) groups is 3. The summed E-state index contributed by atoms with van der Waals surface area (Å²) in [4.78, 5) is 35.1. The van der Waals surface area contributed by atoms with Crippen LogP contribution < -0.4 is 10.6 Å². The van der Waals surface area contributed by atoms with Crippen LogP contribution in [0.3, 0.4) is 0 Å². The second-order valence-corrected chi connectivity index (χ2v) is 8.70. The zero-order valence-corrected chi connectivity index (χ0v) is 17.0. The number of carbonyl (C=O) groups excluding carboxylic acids is 2. The van der Waals surface area contributed by atoms with Gasteiger partial charge >= 0.3 is 12.1 Å². The van der Waals surface area contributed by atoms with Gasteiger partial charge in [-0.05, 0) is 57.5 Å². The number of likely N-dealkylation sites (tertiary alicyclic amines) is 1. The summed E-state index contributed by atoms with van der Waals surface area (Å²) in [5, 5.41) is 14.8. The molecule has 6 atom stereocenters. The predicted molar refractivity (Wildman–Crippen MR) is 101 cm³/mol. The maximum atomic E-state index is 11.7. The van der Waals surface area contributed by atoms with Crippen LogP contribution in [-0.2, 0) is 14.3 Å². The molecule has 0 bridgehead atoms. The van der Waals surface area contributed by atoms with E-state index in [9.17, 15) is 14.4 Å². The van der Waals surface area contributed by atoms with E-state index < -0.39 is 11.6 Å². The van der Waals surface area contributed by atoms with Gasteiger partial charge in [0.25, 0.3) is 0 Å². The van der Waals surface area contributed by atoms with Crippen molar-refractivity contribution in [3.8, 4) is 0 Å². The van der Waals surface area contributed by atoms with Crippen molar-refractivity contribution in [2.24, 2.45) is 35.5 Å². The summed E-state index contributed by atoms with van der Waals surface area (Å²) >= 11 is 0. The van der Waals surface area contributed by atoms with E-state index in [1.165, 1.54) is 0 Å². The molecule has 27 heavy (non-hydrogen) atoms. The number of carboxylic acid groups (broad SMARTS) is 1. The summed E-state index contributed by atoms with van der Waals surface area (Å²) in [6, 6.07) is 0. The van der Waals surface area contributed by atoms with Crippen molar-refractivity contribution in [1.29, 1.82) is 0 Å². The van der Waals surface area contributed by atoms with Crippen molar-refractivity contribution in [1.82, 2.24) is 15.5 Å². The van der Waals surface area contributed by atoms with E-state index in [2.05, 4.69) is 10.6 Å². The second-order valence-electron chi connectivity index (χ2n) is 8.70. The van der Waals surface area contributed by atoms with Gasteiger partial charge in [0.05, 0.1) is 5.92 Å². The fourth-order valence-corrected chi connectivity index (χ4v) is 4.34. The van der Waals surface area contributed by atoms with E-state index in [-0.39, 0.29) is 42.2 Å². The second kappa shape index (κ2) is 7.83. The third kappa shape index (κ3) is 4.66. The number of hydrogen-bond donors (Lipinski definition) is 3. The van der Waals surface area contributed by atoms with Gasteiger partial charge in [0.15, 0.2) is 0 Å². The van der Waals surface area contributed by atoms with Crippen LogP contribution >= 0.6 is 12.4 Å². The topological polar surface area (TPSA) is 108 Å². The normalized spacial score (nSPS) is 34.9. The minimum absolute atomic E-state index is 0. The van der Waals surface area contributed by atoms with Crippen molar-refractivity contribution in [3.05, 3.63) is 0 Å². The molecule has 154 valence electrons. The Balaban J connectivity index is 0.000000205. The van der Waals surface area contributed by atoms with Gasteiger partial charge in [-0.1, -0.05) is 0 Å². The first kappa shape index (κ1) is 21.8. The third-order valence-corrected chi connectivity index (χ3v) is 5.77. The molecular weight excluding hydrogens is 374 g/mol. The number of aliphatic carboxylic acids is 1. The molecule has 4 aliphatic rings. The van der Waals surface area contributed by atoms with Crippen molar-refractivity contribution >= 4 is 30.4 Å². The minimum atomic E-state index is -0.737. The standard InChI is InChI=1S/C11H17NO4.C7H12N2O.ClH/c1-11(2,3)16-10(15)12-4-6-7(5-12)8(6)9(13)14;1-8-7(10)6-4-2-9-3-5(4)6;/h6-8H,4-5H2,1-3H3,(H,13,14);4-6,9H,2-3H2,1H3,(H,8,10);1H/t6-,7+,8?;4-,5+,6?;. The zero-order valence-electron chi connectivity index (χ0n) is 16.2. The van der Waals surface area contributed by atoms with Gasteiger partial charge in [-0.2, -0.15) is 0 Å². The van der Waals surface area contributed by atoms with Crippen molar-refractivity contribution in [3.63, 3.8) is 0 Å². The largest absolute Gasteiger partial charge is 0.481 e. The van der Waals surface area contributed by atoms with Crippen LogP contribution in [0.15, 0.2) is 0 Å². The first-order valence-corrected chi connectivity index (χ1v) is 9.27. The SMILES string of the molecule is CC(C)(C)OC(=O)N1C[C@@H]2C(C(=O)O)[C@@H]2C1.CNC(=O)C1[C@H]2CNC[C@@H]12.Cl. The highest BCUT2D eigenvalue weighted by Gasteiger charge is 2.61. The lowest BCUT2D eigenvalue weighted by Gasteiger charge is -2.25. The van der Waals surface area contributed by atoms with Gasteiger partial charge in [0.1, 0.15) is 5.60 Å². The monoisotopic (exact) mass is 403 g/mol. The Morgan fingerprint density at radius 1 is 1.04 bits per heavy atom. The van der Waals surface area contributed by atoms with Gasteiger partial charge < -0.3 is 25.4 Å². The molecule has 0 spiro atoms.